The molecule has 0 aromatic rings. The minimum atomic E-state index is -2.34. The summed E-state index contributed by atoms with van der Waals surface area (Å²) in [6.07, 6.45) is -4.27. The maximum atomic E-state index is 10.6. The molecule has 15 heavy (non-hydrogen) atoms. The van der Waals surface area contributed by atoms with E-state index in [1.54, 1.807) is 0 Å². The second-order valence-corrected chi connectivity index (χ2v) is 2.64. The number of carbonyl (C=O) groups is 3. The summed E-state index contributed by atoms with van der Waals surface area (Å²) < 4.78 is 4.30. The van der Waals surface area contributed by atoms with E-state index in [0.29, 0.717) is 0 Å². The third-order valence-corrected chi connectivity index (χ3v) is 1.70. The quantitative estimate of drug-likeness (QED) is 0.413. The van der Waals surface area contributed by atoms with E-state index >= 15 is 0 Å². The van der Waals surface area contributed by atoms with Crippen LogP contribution in [0, 0.1) is 5.92 Å². The molecule has 86 valence electrons. The first kappa shape index (κ1) is 13.3. The summed E-state index contributed by atoms with van der Waals surface area (Å²) in [5.74, 6) is -7.32. The zero-order valence-corrected chi connectivity index (χ0v) is 7.65. The topological polar surface area (TPSA) is 141 Å². The second-order valence-electron chi connectivity index (χ2n) is 2.64. The zero-order valence-electron chi connectivity index (χ0n) is 7.65. The predicted molar refractivity (Wildman–Crippen MR) is 43.2 cm³/mol. The van der Waals surface area contributed by atoms with E-state index in [0.717, 1.165) is 7.11 Å². The van der Waals surface area contributed by atoms with Crippen LogP contribution in [0.15, 0.2) is 0 Å². The van der Waals surface area contributed by atoms with Gasteiger partial charge in [-0.15, -0.1) is 0 Å². The van der Waals surface area contributed by atoms with Crippen LogP contribution in [-0.4, -0.2) is 57.7 Å². The van der Waals surface area contributed by atoms with Gasteiger partial charge in [-0.1, -0.05) is 0 Å². The highest BCUT2D eigenvalue weighted by Crippen LogP contribution is 2.14. The normalized spacial score (nSPS) is 16.4. The van der Waals surface area contributed by atoms with Crippen LogP contribution in [-0.2, 0) is 19.1 Å². The molecule has 0 aliphatic heterocycles. The van der Waals surface area contributed by atoms with Crippen molar-refractivity contribution in [3.63, 3.8) is 0 Å². The van der Waals surface area contributed by atoms with Crippen LogP contribution in [0.3, 0.4) is 0 Å². The molecule has 0 bridgehead atoms. The first-order chi connectivity index (χ1) is 6.82. The lowest BCUT2D eigenvalue weighted by molar-refractivity contribution is -0.174. The van der Waals surface area contributed by atoms with Crippen molar-refractivity contribution in [3.05, 3.63) is 0 Å². The lowest BCUT2D eigenvalue weighted by Crippen LogP contribution is -2.46. The molecule has 8 nitrogen and oxygen atoms in total. The number of rotatable bonds is 6. The Morgan fingerprint density at radius 3 is 1.67 bits per heavy atom. The lowest BCUT2D eigenvalue weighted by atomic mass is 9.96. The van der Waals surface area contributed by atoms with Gasteiger partial charge in [0.1, 0.15) is 5.92 Å². The van der Waals surface area contributed by atoms with Gasteiger partial charge in [-0.25, -0.2) is 9.59 Å². The Morgan fingerprint density at radius 2 is 1.47 bits per heavy atom. The van der Waals surface area contributed by atoms with Crippen molar-refractivity contribution in [3.8, 4) is 0 Å². The summed E-state index contributed by atoms with van der Waals surface area (Å²) in [6.45, 7) is 0. The highest BCUT2D eigenvalue weighted by atomic mass is 16.5. The molecule has 3 unspecified atom stereocenters. The molecular weight excluding hydrogens is 212 g/mol. The fourth-order valence-corrected chi connectivity index (χ4v) is 0.985. The van der Waals surface area contributed by atoms with E-state index in [2.05, 4.69) is 4.74 Å². The minimum absolute atomic E-state index is 0.906. The van der Waals surface area contributed by atoms with Crippen molar-refractivity contribution < 1.29 is 39.5 Å². The van der Waals surface area contributed by atoms with Gasteiger partial charge >= 0.3 is 17.9 Å². The van der Waals surface area contributed by atoms with Gasteiger partial charge in [0, 0.05) is 7.11 Å². The molecule has 0 saturated carbocycles. The van der Waals surface area contributed by atoms with Gasteiger partial charge in [-0.3, -0.25) is 4.79 Å². The van der Waals surface area contributed by atoms with E-state index in [9.17, 15) is 14.4 Å². The number of hydrogen-bond acceptors (Lipinski definition) is 5. The number of carboxylic acid groups (broad SMARTS) is 3. The number of hydrogen-bond donors (Lipinski definition) is 4. The van der Waals surface area contributed by atoms with Gasteiger partial charge < -0.3 is 25.2 Å². The highest BCUT2D eigenvalue weighted by molar-refractivity contribution is 5.87. The van der Waals surface area contributed by atoms with Gasteiger partial charge in [-0.2, -0.15) is 0 Å². The smallest absolute Gasteiger partial charge is 0.333 e. The number of aliphatic carboxylic acids is 3. The van der Waals surface area contributed by atoms with Gasteiger partial charge in [0.15, 0.2) is 12.2 Å². The molecular formula is C7H10O8. The molecule has 4 N–H and O–H groups in total. The minimum Gasteiger partial charge on any atom is -0.481 e. The summed E-state index contributed by atoms with van der Waals surface area (Å²) in [7, 11) is 0.906. The van der Waals surface area contributed by atoms with Crippen LogP contribution < -0.4 is 0 Å². The molecule has 0 radical (unpaired) electrons. The number of aliphatic hydroxyl groups is 1. The number of aliphatic hydroxyl groups excluding tert-OH is 1. The van der Waals surface area contributed by atoms with Crippen molar-refractivity contribution >= 4 is 17.9 Å². The molecule has 0 spiro atoms. The Kier molecular flexibility index (Phi) is 4.68. The molecule has 0 aliphatic rings. The Hall–Kier alpha value is -1.67. The van der Waals surface area contributed by atoms with Gasteiger partial charge in [0.05, 0.1) is 0 Å². The number of carboxylic acids is 3. The van der Waals surface area contributed by atoms with E-state index in [1.807, 2.05) is 0 Å². The Morgan fingerprint density at radius 1 is 1.00 bits per heavy atom. The summed E-state index contributed by atoms with van der Waals surface area (Å²) >= 11 is 0. The first-order valence-electron chi connectivity index (χ1n) is 3.72. The Balaban J connectivity index is 5.02. The molecule has 3 atom stereocenters. The molecule has 0 heterocycles. The maximum absolute atomic E-state index is 10.6. The lowest BCUT2D eigenvalue weighted by Gasteiger charge is -2.20. The Bertz CT molecular complexity index is 272. The van der Waals surface area contributed by atoms with E-state index in [4.69, 9.17) is 20.4 Å². The highest BCUT2D eigenvalue weighted by Gasteiger charge is 2.42. The molecule has 0 amide bonds. The Labute approximate surface area is 83.7 Å². The summed E-state index contributed by atoms with van der Waals surface area (Å²) in [5.41, 5.74) is 0. The summed E-state index contributed by atoms with van der Waals surface area (Å²) in [6, 6.07) is 0. The van der Waals surface area contributed by atoms with Crippen molar-refractivity contribution in [2.75, 3.05) is 7.11 Å². The van der Waals surface area contributed by atoms with Gasteiger partial charge in [0.2, 0.25) is 0 Å². The van der Waals surface area contributed by atoms with E-state index in [-0.39, 0.29) is 0 Å². The maximum Gasteiger partial charge on any atom is 0.333 e. The van der Waals surface area contributed by atoms with E-state index < -0.39 is 36.0 Å². The van der Waals surface area contributed by atoms with Crippen LogP contribution in [0.25, 0.3) is 0 Å². The van der Waals surface area contributed by atoms with E-state index in [1.165, 1.54) is 0 Å². The molecule has 0 aromatic carbocycles. The zero-order chi connectivity index (χ0) is 12.2. The third kappa shape index (κ3) is 3.18. The summed E-state index contributed by atoms with van der Waals surface area (Å²) in [5, 5.41) is 34.5. The van der Waals surface area contributed by atoms with Crippen LogP contribution in [0.5, 0.6) is 0 Å². The predicted octanol–water partition coefficient (Wildman–Crippen LogP) is -1.77. The fourth-order valence-electron chi connectivity index (χ4n) is 0.985. The molecule has 0 aliphatic carbocycles. The monoisotopic (exact) mass is 222 g/mol. The van der Waals surface area contributed by atoms with Crippen LogP contribution in [0.2, 0.25) is 0 Å². The fraction of sp³-hybridized carbons (Fsp3) is 0.571. The SMILES string of the molecule is COC(C(=O)O)C(C(=O)O)C(O)C(=O)O. The van der Waals surface area contributed by atoms with Crippen molar-refractivity contribution in [1.82, 2.24) is 0 Å². The average Bonchev–Trinajstić information content (AvgIpc) is 2.11. The van der Waals surface area contributed by atoms with Crippen molar-refractivity contribution in [2.24, 2.45) is 5.92 Å². The number of methoxy groups -OCH3 is 1. The number of ether oxygens (including phenoxy) is 1. The average molecular weight is 222 g/mol. The third-order valence-electron chi connectivity index (χ3n) is 1.70. The van der Waals surface area contributed by atoms with Crippen LogP contribution in [0.4, 0.5) is 0 Å². The van der Waals surface area contributed by atoms with Crippen molar-refractivity contribution in [2.45, 2.75) is 12.2 Å². The van der Waals surface area contributed by atoms with Crippen LogP contribution >= 0.6 is 0 Å². The molecule has 0 rings (SSSR count). The van der Waals surface area contributed by atoms with Gasteiger partial charge in [-0.05, 0) is 0 Å². The van der Waals surface area contributed by atoms with Crippen LogP contribution in [0.1, 0.15) is 0 Å². The summed E-state index contributed by atoms with van der Waals surface area (Å²) in [4.78, 5) is 31.4. The second kappa shape index (κ2) is 5.27. The van der Waals surface area contributed by atoms with Gasteiger partial charge in [0.25, 0.3) is 0 Å². The molecule has 0 saturated heterocycles. The molecule has 0 fully saturated rings. The van der Waals surface area contributed by atoms with Crippen molar-refractivity contribution in [1.29, 1.82) is 0 Å². The molecule has 0 aromatic heterocycles. The standard InChI is InChI=1S/C7H10O8/c1-15-4(7(13)14)2(5(9)10)3(8)6(11)12/h2-4,8H,1H3,(H,9,10)(H,11,12)(H,13,14). The molecule has 8 heteroatoms. The first-order valence-corrected chi connectivity index (χ1v) is 3.72. The largest absolute Gasteiger partial charge is 0.481 e.